The van der Waals surface area contributed by atoms with E-state index in [0.29, 0.717) is 0 Å². The molecule has 0 fully saturated rings. The van der Waals surface area contributed by atoms with Gasteiger partial charge in [0.05, 0.1) is 14.1 Å². The smallest absolute Gasteiger partial charge is 0.177 e. The zero-order valence-electron chi connectivity index (χ0n) is 17.5. The number of quaternary nitrogens is 1. The Morgan fingerprint density at radius 2 is 0.933 bits per heavy atom. The lowest BCUT2D eigenvalue weighted by atomic mass is 9.76. The maximum atomic E-state index is 8.49. The molecule has 0 N–H and O–H groups in total. The number of nitrogens with zero attached hydrogens (tertiary/aromatic N) is 1. The second-order valence-corrected chi connectivity index (χ2v) is 9.13. The molecule has 0 aromatic heterocycles. The van der Waals surface area contributed by atoms with E-state index in [9.17, 15) is 0 Å². The molecular weight excluding hydrogens is 402 g/mol. The van der Waals surface area contributed by atoms with Crippen LogP contribution >= 0.6 is 0 Å². The van der Waals surface area contributed by atoms with Crippen LogP contribution in [0.15, 0.2) is 84.9 Å². The van der Waals surface area contributed by atoms with Gasteiger partial charge in [-0.15, -0.1) is 10.2 Å². The van der Waals surface area contributed by atoms with Gasteiger partial charge in [0, 0.05) is 22.3 Å². The molecule has 0 atom stereocenters. The monoisotopic (exact) mass is 427 g/mol. The molecule has 0 amide bonds. The van der Waals surface area contributed by atoms with Gasteiger partial charge in [0.2, 0.25) is 0 Å². The molecule has 1 aliphatic rings. The van der Waals surface area contributed by atoms with Crippen molar-refractivity contribution in [3.63, 3.8) is 0 Å². The van der Waals surface area contributed by atoms with Crippen molar-refractivity contribution in [3.8, 4) is 0 Å². The summed E-state index contributed by atoms with van der Waals surface area (Å²) in [6.07, 6.45) is 0. The number of benzene rings is 3. The SMILES string of the molecule is CC1(C)c2ccccc2C(c2ccccc2)(c2ccccc2)[N+]1(C)C.[O-][Cl+3]([O-])([O-])[O-]. The Labute approximate surface area is 179 Å². The van der Waals surface area contributed by atoms with Gasteiger partial charge < -0.3 is 4.48 Å². The molecule has 3 aromatic rings. The first-order valence-electron chi connectivity index (χ1n) is 9.61. The average molecular weight is 428 g/mol. The molecule has 0 saturated heterocycles. The van der Waals surface area contributed by atoms with E-state index in [0.717, 1.165) is 4.48 Å². The van der Waals surface area contributed by atoms with Crippen LogP contribution in [-0.4, -0.2) is 18.6 Å². The molecule has 30 heavy (non-hydrogen) atoms. The second kappa shape index (κ2) is 7.78. The maximum absolute atomic E-state index is 8.49. The van der Waals surface area contributed by atoms with Crippen molar-refractivity contribution in [2.75, 3.05) is 14.1 Å². The summed E-state index contributed by atoms with van der Waals surface area (Å²) < 4.78 is 34.8. The van der Waals surface area contributed by atoms with Crippen molar-refractivity contribution in [1.29, 1.82) is 0 Å². The summed E-state index contributed by atoms with van der Waals surface area (Å²) in [5.41, 5.74) is 5.34. The molecule has 0 radical (unpaired) electrons. The minimum Gasteiger partial charge on any atom is -0.304 e. The fourth-order valence-corrected chi connectivity index (χ4v) is 4.84. The van der Waals surface area contributed by atoms with E-state index >= 15 is 0 Å². The Kier molecular flexibility index (Phi) is 5.82. The Morgan fingerprint density at radius 3 is 1.33 bits per heavy atom. The predicted molar refractivity (Wildman–Crippen MR) is 104 cm³/mol. The van der Waals surface area contributed by atoms with Crippen molar-refractivity contribution < 1.29 is 33.4 Å². The number of fused-ring (bicyclic) bond motifs is 1. The van der Waals surface area contributed by atoms with E-state index < -0.39 is 10.2 Å². The molecular formula is C24H26ClNO4. The van der Waals surface area contributed by atoms with E-state index in [2.05, 4.69) is 113 Å². The first kappa shape index (κ1) is 22.4. The zero-order chi connectivity index (χ0) is 22.2. The summed E-state index contributed by atoms with van der Waals surface area (Å²) in [6.45, 7) is 4.75. The van der Waals surface area contributed by atoms with Gasteiger partial charge in [-0.2, -0.15) is 0 Å². The molecule has 1 heterocycles. The Bertz CT molecular complexity index is 953. The number of halogens is 1. The summed E-state index contributed by atoms with van der Waals surface area (Å²) in [4.78, 5) is 0. The first-order chi connectivity index (χ1) is 13.9. The lowest BCUT2D eigenvalue weighted by Crippen LogP contribution is -2.68. The van der Waals surface area contributed by atoms with Gasteiger partial charge >= 0.3 is 0 Å². The molecule has 158 valence electrons. The van der Waals surface area contributed by atoms with Crippen molar-refractivity contribution in [3.05, 3.63) is 107 Å². The molecule has 5 nitrogen and oxygen atoms in total. The quantitative estimate of drug-likeness (QED) is 0.558. The van der Waals surface area contributed by atoms with Gasteiger partial charge in [0.1, 0.15) is 5.54 Å². The van der Waals surface area contributed by atoms with E-state index in [1.807, 2.05) is 0 Å². The number of hydrogen-bond donors (Lipinski definition) is 0. The van der Waals surface area contributed by atoms with Gasteiger partial charge in [-0.25, -0.2) is 18.6 Å². The van der Waals surface area contributed by atoms with E-state index in [-0.39, 0.29) is 11.1 Å². The van der Waals surface area contributed by atoms with Crippen LogP contribution in [0.2, 0.25) is 0 Å². The van der Waals surface area contributed by atoms with E-state index in [1.54, 1.807) is 0 Å². The van der Waals surface area contributed by atoms with Crippen LogP contribution < -0.4 is 18.6 Å². The zero-order valence-corrected chi connectivity index (χ0v) is 18.3. The lowest BCUT2D eigenvalue weighted by Gasteiger charge is -2.51. The summed E-state index contributed by atoms with van der Waals surface area (Å²) in [7, 11) is -0.194. The highest BCUT2D eigenvalue weighted by atomic mass is 35.7. The minimum absolute atomic E-state index is 0.00226. The van der Waals surface area contributed by atoms with Gasteiger partial charge in [0.25, 0.3) is 0 Å². The Balaban J connectivity index is 0.000000461. The molecule has 0 bridgehead atoms. The summed E-state index contributed by atoms with van der Waals surface area (Å²) >= 11 is 0. The topological polar surface area (TPSA) is 92.2 Å². The molecule has 0 spiro atoms. The standard InChI is InChI=1S/C24H26N.ClHO4/c1-23(2)21-17-11-12-18-22(21)24(25(23,3)4,19-13-7-5-8-14-19)20-15-9-6-10-16-20;2-1(3,4)5/h5-18H,1-4H3;(H,2,3,4,5)/q+1;/p-1. The third kappa shape index (κ3) is 3.54. The second-order valence-electron chi connectivity index (χ2n) is 8.38. The van der Waals surface area contributed by atoms with Crippen LogP contribution in [0, 0.1) is 10.2 Å². The van der Waals surface area contributed by atoms with E-state index in [4.69, 9.17) is 18.6 Å². The minimum atomic E-state index is -4.94. The summed E-state index contributed by atoms with van der Waals surface area (Å²) in [5, 5.41) is 0. The van der Waals surface area contributed by atoms with Crippen molar-refractivity contribution in [1.82, 2.24) is 0 Å². The molecule has 0 saturated carbocycles. The largest absolute Gasteiger partial charge is 0.304 e. The first-order valence-corrected chi connectivity index (χ1v) is 10.8. The van der Waals surface area contributed by atoms with Crippen molar-refractivity contribution >= 4 is 0 Å². The summed E-state index contributed by atoms with van der Waals surface area (Å²) in [5.74, 6) is 0. The number of rotatable bonds is 2. The van der Waals surface area contributed by atoms with Crippen LogP contribution in [0.5, 0.6) is 0 Å². The molecule has 3 aromatic carbocycles. The van der Waals surface area contributed by atoms with Crippen molar-refractivity contribution in [2.45, 2.75) is 24.9 Å². The van der Waals surface area contributed by atoms with Gasteiger partial charge in [-0.3, -0.25) is 0 Å². The van der Waals surface area contributed by atoms with Crippen LogP contribution in [0.4, 0.5) is 0 Å². The normalized spacial score (nSPS) is 18.1. The third-order valence-electron chi connectivity index (χ3n) is 6.60. The fraction of sp³-hybridized carbons (Fsp3) is 0.250. The highest BCUT2D eigenvalue weighted by Gasteiger charge is 2.64. The Morgan fingerprint density at radius 1 is 0.600 bits per heavy atom. The highest BCUT2D eigenvalue weighted by Crippen LogP contribution is 2.59. The summed E-state index contributed by atoms with van der Waals surface area (Å²) in [6, 6.07) is 31.0. The molecule has 1 aliphatic heterocycles. The highest BCUT2D eigenvalue weighted by molar-refractivity contribution is 5.54. The third-order valence-corrected chi connectivity index (χ3v) is 6.60. The Hall–Kier alpha value is -2.25. The average Bonchev–Trinajstić information content (AvgIpc) is 2.83. The van der Waals surface area contributed by atoms with Gasteiger partial charge in [0.15, 0.2) is 5.54 Å². The predicted octanol–water partition coefficient (Wildman–Crippen LogP) is 0.548. The molecule has 0 unspecified atom stereocenters. The fourth-order valence-electron chi connectivity index (χ4n) is 4.84. The van der Waals surface area contributed by atoms with E-state index in [1.165, 1.54) is 22.3 Å². The van der Waals surface area contributed by atoms with Crippen LogP contribution in [0.25, 0.3) is 0 Å². The van der Waals surface area contributed by atoms with Gasteiger partial charge in [-0.1, -0.05) is 84.9 Å². The molecule has 4 rings (SSSR count). The van der Waals surface area contributed by atoms with Gasteiger partial charge in [-0.05, 0) is 13.8 Å². The molecule has 6 heteroatoms. The van der Waals surface area contributed by atoms with Crippen LogP contribution in [0.1, 0.15) is 36.1 Å². The van der Waals surface area contributed by atoms with Crippen LogP contribution in [0.3, 0.4) is 0 Å². The van der Waals surface area contributed by atoms with Crippen molar-refractivity contribution in [2.24, 2.45) is 0 Å². The lowest BCUT2D eigenvalue weighted by molar-refractivity contribution is -2.00. The number of hydrogen-bond acceptors (Lipinski definition) is 4. The maximum Gasteiger partial charge on any atom is 0.177 e. The van der Waals surface area contributed by atoms with Crippen LogP contribution in [-0.2, 0) is 11.1 Å². The molecule has 0 aliphatic carbocycles.